The molecule has 0 radical (unpaired) electrons. The summed E-state index contributed by atoms with van der Waals surface area (Å²) in [5, 5.41) is 18.4. The first-order valence-corrected chi connectivity index (χ1v) is 8.09. The topological polar surface area (TPSA) is 73.3 Å². The Kier molecular flexibility index (Phi) is 4.56. The molecule has 3 rings (SSSR count). The number of alkyl halides is 3. The van der Waals surface area contributed by atoms with Crippen LogP contribution < -0.4 is 0 Å². The summed E-state index contributed by atoms with van der Waals surface area (Å²) < 4.78 is 39.9. The Morgan fingerprint density at radius 3 is 2.72 bits per heavy atom. The van der Waals surface area contributed by atoms with Crippen molar-refractivity contribution in [1.29, 1.82) is 0 Å². The molecule has 0 unspecified atom stereocenters. The zero-order valence-corrected chi connectivity index (χ0v) is 13.8. The van der Waals surface area contributed by atoms with Crippen molar-refractivity contribution in [3.05, 3.63) is 62.8 Å². The molecule has 3 aromatic rings. The standard InChI is InChI=1S/C14H8ClF3N4O2S/c15-11-5-9(14(16,17)18)6-21-12(11)19-20-13(21)25-7-8-2-1-3-10(4-8)22(23)24/h1-6H,7H2. The van der Waals surface area contributed by atoms with Crippen LogP contribution in [0.15, 0.2) is 41.7 Å². The predicted molar refractivity (Wildman–Crippen MR) is 85.7 cm³/mol. The number of hydrogen-bond donors (Lipinski definition) is 0. The Morgan fingerprint density at radius 1 is 1.28 bits per heavy atom. The van der Waals surface area contributed by atoms with Crippen molar-refractivity contribution in [3.63, 3.8) is 0 Å². The number of halogens is 4. The van der Waals surface area contributed by atoms with Crippen molar-refractivity contribution in [2.75, 3.05) is 0 Å². The summed E-state index contributed by atoms with van der Waals surface area (Å²) in [4.78, 5) is 10.3. The number of rotatable bonds is 4. The first-order chi connectivity index (χ1) is 11.8. The third-order valence-electron chi connectivity index (χ3n) is 3.25. The molecule has 0 bridgehead atoms. The van der Waals surface area contributed by atoms with E-state index in [2.05, 4.69) is 10.2 Å². The molecule has 0 saturated carbocycles. The van der Waals surface area contributed by atoms with E-state index in [1.165, 1.54) is 18.2 Å². The second-order valence-corrected chi connectivity index (χ2v) is 6.32. The quantitative estimate of drug-likeness (QED) is 0.371. The van der Waals surface area contributed by atoms with E-state index in [0.717, 1.165) is 28.4 Å². The van der Waals surface area contributed by atoms with Gasteiger partial charge in [0.2, 0.25) is 0 Å². The lowest BCUT2D eigenvalue weighted by Gasteiger charge is -2.08. The monoisotopic (exact) mass is 388 g/mol. The Hall–Kier alpha value is -2.33. The summed E-state index contributed by atoms with van der Waals surface area (Å²) in [6.07, 6.45) is -3.68. The number of hydrogen-bond acceptors (Lipinski definition) is 5. The van der Waals surface area contributed by atoms with Gasteiger partial charge in [0, 0.05) is 24.1 Å². The number of benzene rings is 1. The molecule has 0 atom stereocenters. The molecule has 0 N–H and O–H groups in total. The summed E-state index contributed by atoms with van der Waals surface area (Å²) >= 11 is 6.95. The number of aromatic nitrogens is 3. The molecule has 25 heavy (non-hydrogen) atoms. The number of fused-ring (bicyclic) bond motifs is 1. The molecule has 6 nitrogen and oxygen atoms in total. The maximum absolute atomic E-state index is 12.9. The van der Waals surface area contributed by atoms with Crippen molar-refractivity contribution < 1.29 is 18.1 Å². The van der Waals surface area contributed by atoms with Crippen LogP contribution in [0.3, 0.4) is 0 Å². The molecule has 2 heterocycles. The van der Waals surface area contributed by atoms with Gasteiger partial charge in [0.25, 0.3) is 5.69 Å². The second kappa shape index (κ2) is 6.52. The molecule has 0 aliphatic carbocycles. The minimum absolute atomic E-state index is 0.0633. The van der Waals surface area contributed by atoms with Crippen LogP contribution in [0, 0.1) is 10.1 Å². The van der Waals surface area contributed by atoms with Crippen molar-refractivity contribution in [1.82, 2.24) is 14.6 Å². The average Bonchev–Trinajstić information content (AvgIpc) is 2.96. The fourth-order valence-electron chi connectivity index (χ4n) is 2.09. The maximum Gasteiger partial charge on any atom is 0.417 e. The van der Waals surface area contributed by atoms with E-state index in [1.807, 2.05) is 0 Å². The number of thioether (sulfide) groups is 1. The normalized spacial score (nSPS) is 11.8. The molecule has 0 spiro atoms. The van der Waals surface area contributed by atoms with Gasteiger partial charge >= 0.3 is 6.18 Å². The SMILES string of the molecule is O=[N+]([O-])c1cccc(CSc2nnc3c(Cl)cc(C(F)(F)F)cn23)c1. The van der Waals surface area contributed by atoms with Crippen molar-refractivity contribution >= 4 is 34.7 Å². The summed E-state index contributed by atoms with van der Waals surface area (Å²) in [5.74, 6) is 0.274. The van der Waals surface area contributed by atoms with E-state index in [0.29, 0.717) is 5.56 Å². The number of nitro groups is 1. The van der Waals surface area contributed by atoms with E-state index >= 15 is 0 Å². The minimum Gasteiger partial charge on any atom is -0.276 e. The molecule has 130 valence electrons. The number of non-ortho nitro benzene ring substituents is 1. The highest BCUT2D eigenvalue weighted by Gasteiger charge is 2.32. The van der Waals surface area contributed by atoms with Gasteiger partial charge in [-0.05, 0) is 11.6 Å². The predicted octanol–water partition coefficient (Wildman–Crippen LogP) is 4.60. The Labute approximate surface area is 147 Å². The van der Waals surface area contributed by atoms with Gasteiger partial charge in [-0.15, -0.1) is 10.2 Å². The highest BCUT2D eigenvalue weighted by molar-refractivity contribution is 7.98. The van der Waals surface area contributed by atoms with Crippen molar-refractivity contribution in [2.24, 2.45) is 0 Å². The van der Waals surface area contributed by atoms with Crippen LogP contribution in [-0.2, 0) is 11.9 Å². The lowest BCUT2D eigenvalue weighted by Crippen LogP contribution is -2.07. The van der Waals surface area contributed by atoms with Crippen molar-refractivity contribution in [3.8, 4) is 0 Å². The van der Waals surface area contributed by atoms with Crippen LogP contribution in [0.4, 0.5) is 18.9 Å². The minimum atomic E-state index is -4.55. The molecule has 2 aromatic heterocycles. The molecule has 0 fully saturated rings. The van der Waals surface area contributed by atoms with E-state index < -0.39 is 16.7 Å². The third-order valence-corrected chi connectivity index (χ3v) is 4.54. The number of nitrogens with zero attached hydrogens (tertiary/aromatic N) is 4. The zero-order valence-electron chi connectivity index (χ0n) is 12.2. The van der Waals surface area contributed by atoms with E-state index in [4.69, 9.17) is 11.6 Å². The molecular formula is C14H8ClF3N4O2S. The summed E-state index contributed by atoms with van der Waals surface area (Å²) in [6.45, 7) is 0. The fraction of sp³-hybridized carbons (Fsp3) is 0.143. The van der Waals surface area contributed by atoms with Crippen LogP contribution >= 0.6 is 23.4 Å². The molecule has 0 aliphatic rings. The fourth-order valence-corrected chi connectivity index (χ4v) is 3.19. The second-order valence-electron chi connectivity index (χ2n) is 4.97. The maximum atomic E-state index is 12.9. The lowest BCUT2D eigenvalue weighted by atomic mass is 10.2. The lowest BCUT2D eigenvalue weighted by molar-refractivity contribution is -0.384. The van der Waals surface area contributed by atoms with E-state index in [-0.39, 0.29) is 27.3 Å². The molecule has 0 aliphatic heterocycles. The average molecular weight is 389 g/mol. The van der Waals surface area contributed by atoms with Gasteiger partial charge in [-0.3, -0.25) is 14.5 Å². The van der Waals surface area contributed by atoms with Crippen LogP contribution in [0.2, 0.25) is 5.02 Å². The van der Waals surface area contributed by atoms with Crippen LogP contribution in [0.5, 0.6) is 0 Å². The van der Waals surface area contributed by atoms with Gasteiger partial charge in [-0.25, -0.2) is 0 Å². The highest BCUT2D eigenvalue weighted by Crippen LogP contribution is 2.33. The summed E-state index contributed by atoms with van der Waals surface area (Å²) in [7, 11) is 0. The van der Waals surface area contributed by atoms with Crippen LogP contribution in [-0.4, -0.2) is 19.5 Å². The Morgan fingerprint density at radius 2 is 2.04 bits per heavy atom. The number of nitro benzene ring substituents is 1. The van der Waals surface area contributed by atoms with E-state index in [1.54, 1.807) is 6.07 Å². The van der Waals surface area contributed by atoms with Gasteiger partial charge in [-0.2, -0.15) is 13.2 Å². The number of pyridine rings is 1. The van der Waals surface area contributed by atoms with Gasteiger partial charge in [0.05, 0.1) is 15.5 Å². The van der Waals surface area contributed by atoms with Crippen LogP contribution in [0.1, 0.15) is 11.1 Å². The Balaban J connectivity index is 1.90. The largest absolute Gasteiger partial charge is 0.417 e. The Bertz CT molecular complexity index is 961. The van der Waals surface area contributed by atoms with E-state index in [9.17, 15) is 23.3 Å². The molecule has 1 aromatic carbocycles. The smallest absolute Gasteiger partial charge is 0.276 e. The van der Waals surface area contributed by atoms with Gasteiger partial charge < -0.3 is 0 Å². The van der Waals surface area contributed by atoms with Crippen LogP contribution in [0.25, 0.3) is 5.65 Å². The molecular weight excluding hydrogens is 381 g/mol. The van der Waals surface area contributed by atoms with Gasteiger partial charge in [0.15, 0.2) is 10.8 Å². The summed E-state index contributed by atoms with van der Waals surface area (Å²) in [6, 6.07) is 6.76. The van der Waals surface area contributed by atoms with Gasteiger partial charge in [-0.1, -0.05) is 35.5 Å². The summed E-state index contributed by atoms with van der Waals surface area (Å²) in [5.41, 5.74) is -0.237. The first kappa shape index (κ1) is 17.5. The van der Waals surface area contributed by atoms with Crippen molar-refractivity contribution in [2.45, 2.75) is 17.1 Å². The van der Waals surface area contributed by atoms with Gasteiger partial charge in [0.1, 0.15) is 0 Å². The first-order valence-electron chi connectivity index (χ1n) is 6.73. The molecule has 11 heteroatoms. The zero-order chi connectivity index (χ0) is 18.2. The third kappa shape index (κ3) is 3.69. The molecule has 0 amide bonds. The highest BCUT2D eigenvalue weighted by atomic mass is 35.5. The molecule has 0 saturated heterocycles.